The van der Waals surface area contributed by atoms with Gasteiger partial charge < -0.3 is 14.6 Å². The maximum atomic E-state index is 12.8. The van der Waals surface area contributed by atoms with E-state index in [2.05, 4.69) is 11.4 Å². The molecule has 0 atom stereocenters. The van der Waals surface area contributed by atoms with Crippen molar-refractivity contribution in [1.29, 1.82) is 0 Å². The summed E-state index contributed by atoms with van der Waals surface area (Å²) in [7, 11) is 0. The standard InChI is InChI=1S/C21H22N2O3/c1-13-17-8-7-15-5-3-4-6-18(15)20(17)26-19(13)21(25)22-16-9-11-23(12-10-16)14(2)24/h3-8,16H,9-12H2,1-2H3,(H,22,25). The summed E-state index contributed by atoms with van der Waals surface area (Å²) in [5.74, 6) is 0.296. The van der Waals surface area contributed by atoms with E-state index in [1.165, 1.54) is 0 Å². The van der Waals surface area contributed by atoms with E-state index in [-0.39, 0.29) is 17.9 Å². The Kier molecular flexibility index (Phi) is 4.15. The molecule has 5 nitrogen and oxygen atoms in total. The zero-order valence-electron chi connectivity index (χ0n) is 15.0. The lowest BCUT2D eigenvalue weighted by molar-refractivity contribution is -0.129. The van der Waals surface area contributed by atoms with Crippen molar-refractivity contribution in [2.75, 3.05) is 13.1 Å². The predicted octanol–water partition coefficient (Wildman–Crippen LogP) is 3.64. The van der Waals surface area contributed by atoms with Gasteiger partial charge in [-0.25, -0.2) is 0 Å². The summed E-state index contributed by atoms with van der Waals surface area (Å²) in [6.45, 7) is 4.88. The third kappa shape index (κ3) is 2.83. The van der Waals surface area contributed by atoms with E-state index in [4.69, 9.17) is 4.42 Å². The molecule has 2 heterocycles. The van der Waals surface area contributed by atoms with Crippen molar-refractivity contribution in [2.45, 2.75) is 32.7 Å². The molecule has 2 aromatic carbocycles. The highest BCUT2D eigenvalue weighted by atomic mass is 16.3. The number of likely N-dealkylation sites (tertiary alicyclic amines) is 1. The molecule has 2 amide bonds. The molecule has 1 aromatic heterocycles. The Labute approximate surface area is 152 Å². The summed E-state index contributed by atoms with van der Waals surface area (Å²) in [6, 6.07) is 12.2. The zero-order chi connectivity index (χ0) is 18.3. The molecule has 1 saturated heterocycles. The van der Waals surface area contributed by atoms with Gasteiger partial charge in [0.15, 0.2) is 5.76 Å². The Morgan fingerprint density at radius 2 is 1.81 bits per heavy atom. The van der Waals surface area contributed by atoms with Gasteiger partial charge in [0, 0.05) is 42.4 Å². The van der Waals surface area contributed by atoms with Crippen molar-refractivity contribution in [3.63, 3.8) is 0 Å². The van der Waals surface area contributed by atoms with Crippen LogP contribution in [0.4, 0.5) is 0 Å². The third-order valence-electron chi connectivity index (χ3n) is 5.31. The molecule has 5 heteroatoms. The largest absolute Gasteiger partial charge is 0.450 e. The third-order valence-corrected chi connectivity index (χ3v) is 5.31. The van der Waals surface area contributed by atoms with Crippen LogP contribution in [-0.4, -0.2) is 35.8 Å². The Hall–Kier alpha value is -2.82. The second-order valence-corrected chi connectivity index (χ2v) is 6.97. The first-order valence-corrected chi connectivity index (χ1v) is 9.02. The van der Waals surface area contributed by atoms with Crippen LogP contribution < -0.4 is 5.32 Å². The van der Waals surface area contributed by atoms with E-state index in [1.54, 1.807) is 6.92 Å². The Morgan fingerprint density at radius 3 is 2.54 bits per heavy atom. The van der Waals surface area contributed by atoms with E-state index >= 15 is 0 Å². The van der Waals surface area contributed by atoms with Crippen molar-refractivity contribution in [2.24, 2.45) is 0 Å². The highest BCUT2D eigenvalue weighted by Crippen LogP contribution is 2.31. The number of fused-ring (bicyclic) bond motifs is 3. The molecule has 1 fully saturated rings. The van der Waals surface area contributed by atoms with E-state index in [1.807, 2.05) is 42.2 Å². The summed E-state index contributed by atoms with van der Waals surface area (Å²) >= 11 is 0. The normalized spacial score (nSPS) is 15.5. The van der Waals surface area contributed by atoms with Gasteiger partial charge in [-0.15, -0.1) is 0 Å². The first-order chi connectivity index (χ1) is 12.5. The number of amides is 2. The molecule has 1 N–H and O–H groups in total. The molecule has 3 aromatic rings. The molecule has 0 spiro atoms. The van der Waals surface area contributed by atoms with Crippen LogP contribution in [-0.2, 0) is 4.79 Å². The highest BCUT2D eigenvalue weighted by Gasteiger charge is 2.25. The fraction of sp³-hybridized carbons (Fsp3) is 0.333. The minimum atomic E-state index is -0.177. The van der Waals surface area contributed by atoms with Gasteiger partial charge in [-0.05, 0) is 25.2 Å². The molecule has 26 heavy (non-hydrogen) atoms. The molecule has 0 unspecified atom stereocenters. The fourth-order valence-corrected chi connectivity index (χ4v) is 3.76. The molecular weight excluding hydrogens is 328 g/mol. The van der Waals surface area contributed by atoms with Crippen molar-refractivity contribution in [3.05, 3.63) is 47.7 Å². The number of rotatable bonds is 2. The topological polar surface area (TPSA) is 62.6 Å². The lowest BCUT2D eigenvalue weighted by Crippen LogP contribution is -2.46. The number of piperidine rings is 1. The van der Waals surface area contributed by atoms with E-state index in [0.29, 0.717) is 18.8 Å². The summed E-state index contributed by atoms with van der Waals surface area (Å²) < 4.78 is 6.00. The summed E-state index contributed by atoms with van der Waals surface area (Å²) in [4.78, 5) is 26.0. The lowest BCUT2D eigenvalue weighted by atomic mass is 10.0. The summed E-state index contributed by atoms with van der Waals surface area (Å²) in [6.07, 6.45) is 1.54. The van der Waals surface area contributed by atoms with E-state index in [0.717, 1.165) is 40.1 Å². The summed E-state index contributed by atoms with van der Waals surface area (Å²) in [5.41, 5.74) is 1.63. The second-order valence-electron chi connectivity index (χ2n) is 6.97. The number of hydrogen-bond acceptors (Lipinski definition) is 3. The average Bonchev–Trinajstić information content (AvgIpc) is 2.99. The second kappa shape index (κ2) is 6.48. The fourth-order valence-electron chi connectivity index (χ4n) is 3.76. The zero-order valence-corrected chi connectivity index (χ0v) is 15.0. The Balaban J connectivity index is 1.58. The monoisotopic (exact) mass is 350 g/mol. The molecular formula is C21H22N2O3. The van der Waals surface area contributed by atoms with Gasteiger partial charge in [0.2, 0.25) is 5.91 Å². The molecule has 1 aliphatic rings. The lowest BCUT2D eigenvalue weighted by Gasteiger charge is -2.31. The van der Waals surface area contributed by atoms with Gasteiger partial charge in [-0.3, -0.25) is 9.59 Å². The highest BCUT2D eigenvalue weighted by molar-refractivity contribution is 6.08. The molecule has 0 bridgehead atoms. The van der Waals surface area contributed by atoms with Crippen LogP contribution in [0.25, 0.3) is 21.7 Å². The van der Waals surface area contributed by atoms with Gasteiger partial charge >= 0.3 is 0 Å². The quantitative estimate of drug-likeness (QED) is 0.767. The number of carbonyl (C=O) groups excluding carboxylic acids is 2. The SMILES string of the molecule is CC(=O)N1CCC(NC(=O)c2oc3c(ccc4ccccc43)c2C)CC1. The minimum absolute atomic E-state index is 0.0717. The smallest absolute Gasteiger partial charge is 0.287 e. The van der Waals surface area contributed by atoms with Gasteiger partial charge in [-0.1, -0.05) is 36.4 Å². The van der Waals surface area contributed by atoms with Gasteiger partial charge in [0.05, 0.1) is 0 Å². The molecule has 4 rings (SSSR count). The van der Waals surface area contributed by atoms with Crippen LogP contribution >= 0.6 is 0 Å². The molecule has 0 aliphatic carbocycles. The number of hydrogen-bond donors (Lipinski definition) is 1. The molecule has 1 aliphatic heterocycles. The van der Waals surface area contributed by atoms with E-state index in [9.17, 15) is 9.59 Å². The first-order valence-electron chi connectivity index (χ1n) is 9.02. The van der Waals surface area contributed by atoms with Crippen molar-refractivity contribution in [1.82, 2.24) is 10.2 Å². The number of aryl methyl sites for hydroxylation is 1. The van der Waals surface area contributed by atoms with Crippen LogP contribution in [0.5, 0.6) is 0 Å². The summed E-state index contributed by atoms with van der Waals surface area (Å²) in [5, 5.41) is 6.16. The van der Waals surface area contributed by atoms with Gasteiger partial charge in [0.1, 0.15) is 5.58 Å². The van der Waals surface area contributed by atoms with Gasteiger partial charge in [-0.2, -0.15) is 0 Å². The van der Waals surface area contributed by atoms with E-state index < -0.39 is 0 Å². The minimum Gasteiger partial charge on any atom is -0.450 e. The average molecular weight is 350 g/mol. The number of furan rings is 1. The first kappa shape index (κ1) is 16.6. The Bertz CT molecular complexity index is 997. The van der Waals surface area contributed by atoms with Crippen LogP contribution in [0.2, 0.25) is 0 Å². The van der Waals surface area contributed by atoms with Crippen LogP contribution in [0.15, 0.2) is 40.8 Å². The number of nitrogens with zero attached hydrogens (tertiary/aromatic N) is 1. The Morgan fingerprint density at radius 1 is 1.08 bits per heavy atom. The van der Waals surface area contributed by atoms with Crippen LogP contribution in [0.3, 0.4) is 0 Å². The number of carbonyl (C=O) groups is 2. The maximum absolute atomic E-state index is 12.8. The maximum Gasteiger partial charge on any atom is 0.287 e. The molecule has 0 radical (unpaired) electrons. The molecule has 0 saturated carbocycles. The molecule has 134 valence electrons. The number of benzene rings is 2. The van der Waals surface area contributed by atoms with Gasteiger partial charge in [0.25, 0.3) is 5.91 Å². The number of nitrogens with one attached hydrogen (secondary N) is 1. The van der Waals surface area contributed by atoms with Crippen molar-refractivity contribution in [3.8, 4) is 0 Å². The van der Waals surface area contributed by atoms with Crippen molar-refractivity contribution < 1.29 is 14.0 Å². The van der Waals surface area contributed by atoms with Crippen LogP contribution in [0, 0.1) is 6.92 Å². The van der Waals surface area contributed by atoms with Crippen LogP contribution in [0.1, 0.15) is 35.9 Å². The van der Waals surface area contributed by atoms with Crippen molar-refractivity contribution >= 4 is 33.6 Å². The predicted molar refractivity (Wildman–Crippen MR) is 101 cm³/mol.